The lowest BCUT2D eigenvalue weighted by atomic mass is 9.96. The average molecular weight is 344 g/mol. The van der Waals surface area contributed by atoms with Gasteiger partial charge in [-0.2, -0.15) is 5.26 Å². The molecule has 6 nitrogen and oxygen atoms in total. The molecule has 4 rings (SSSR count). The standard InChI is InChI=1S/C20H20N6/c21-13-16-5-3-9-23-19(16)25-11-4-6-17(14-25)20-24-10-12-26(20)15-18-7-1-2-8-22-18/h1-3,5,7-10,12,17H,4,6,11,14-15H2. The number of aromatic nitrogens is 4. The van der Waals surface area contributed by atoms with Gasteiger partial charge in [-0.1, -0.05) is 6.07 Å². The molecule has 1 saturated heterocycles. The van der Waals surface area contributed by atoms with Gasteiger partial charge >= 0.3 is 0 Å². The van der Waals surface area contributed by atoms with Crippen LogP contribution in [0.5, 0.6) is 0 Å². The van der Waals surface area contributed by atoms with E-state index in [9.17, 15) is 5.26 Å². The molecule has 1 aliphatic rings. The molecule has 6 heteroatoms. The first-order valence-electron chi connectivity index (χ1n) is 8.86. The third-order valence-corrected chi connectivity index (χ3v) is 4.80. The fourth-order valence-corrected chi connectivity index (χ4v) is 3.60. The van der Waals surface area contributed by atoms with Crippen LogP contribution in [0, 0.1) is 11.3 Å². The van der Waals surface area contributed by atoms with E-state index in [1.54, 1.807) is 6.20 Å². The van der Waals surface area contributed by atoms with E-state index in [0.717, 1.165) is 49.8 Å². The van der Waals surface area contributed by atoms with Gasteiger partial charge in [0.2, 0.25) is 0 Å². The highest BCUT2D eigenvalue weighted by Gasteiger charge is 2.26. The van der Waals surface area contributed by atoms with Crippen molar-refractivity contribution in [2.24, 2.45) is 0 Å². The van der Waals surface area contributed by atoms with Crippen molar-refractivity contribution in [1.82, 2.24) is 19.5 Å². The number of imidazole rings is 1. The maximum absolute atomic E-state index is 9.37. The molecule has 130 valence electrons. The summed E-state index contributed by atoms with van der Waals surface area (Å²) in [6.07, 6.45) is 9.59. The Labute approximate surface area is 152 Å². The molecule has 1 atom stereocenters. The van der Waals surface area contributed by atoms with Crippen molar-refractivity contribution < 1.29 is 0 Å². The number of hydrogen-bond acceptors (Lipinski definition) is 5. The van der Waals surface area contributed by atoms with E-state index in [4.69, 9.17) is 0 Å². The number of anilines is 1. The van der Waals surface area contributed by atoms with Crippen LogP contribution in [0.3, 0.4) is 0 Å². The molecule has 0 spiro atoms. The Morgan fingerprint density at radius 1 is 1.08 bits per heavy atom. The molecule has 0 N–H and O–H groups in total. The lowest BCUT2D eigenvalue weighted by Crippen LogP contribution is -2.36. The Balaban J connectivity index is 1.56. The van der Waals surface area contributed by atoms with Crippen LogP contribution in [-0.4, -0.2) is 32.6 Å². The largest absolute Gasteiger partial charge is 0.355 e. The molecule has 3 aromatic heterocycles. The quantitative estimate of drug-likeness (QED) is 0.728. The molecule has 1 unspecified atom stereocenters. The van der Waals surface area contributed by atoms with E-state index in [0.29, 0.717) is 11.5 Å². The lowest BCUT2D eigenvalue weighted by molar-refractivity contribution is 0.473. The summed E-state index contributed by atoms with van der Waals surface area (Å²) in [6.45, 7) is 2.47. The number of piperidine rings is 1. The second-order valence-corrected chi connectivity index (χ2v) is 6.51. The molecular formula is C20H20N6. The van der Waals surface area contributed by atoms with Gasteiger partial charge in [-0.25, -0.2) is 9.97 Å². The first-order valence-corrected chi connectivity index (χ1v) is 8.86. The van der Waals surface area contributed by atoms with Gasteiger partial charge in [0.1, 0.15) is 17.7 Å². The molecule has 0 saturated carbocycles. The summed E-state index contributed by atoms with van der Waals surface area (Å²) in [6, 6.07) is 11.9. The van der Waals surface area contributed by atoms with Gasteiger partial charge in [0.05, 0.1) is 17.8 Å². The van der Waals surface area contributed by atoms with Gasteiger partial charge in [0.25, 0.3) is 0 Å². The smallest absolute Gasteiger partial charge is 0.146 e. The second kappa shape index (κ2) is 7.36. The van der Waals surface area contributed by atoms with Crippen LogP contribution in [0.4, 0.5) is 5.82 Å². The number of rotatable bonds is 4. The molecule has 0 amide bonds. The molecule has 3 aromatic rings. The first-order chi connectivity index (χ1) is 12.8. The van der Waals surface area contributed by atoms with Crippen LogP contribution in [0.25, 0.3) is 0 Å². The molecular weight excluding hydrogens is 324 g/mol. The minimum atomic E-state index is 0.316. The van der Waals surface area contributed by atoms with Crippen molar-refractivity contribution >= 4 is 5.82 Å². The van der Waals surface area contributed by atoms with Crippen LogP contribution < -0.4 is 4.90 Å². The van der Waals surface area contributed by atoms with Crippen molar-refractivity contribution in [3.63, 3.8) is 0 Å². The van der Waals surface area contributed by atoms with E-state index < -0.39 is 0 Å². The van der Waals surface area contributed by atoms with E-state index in [1.165, 1.54) is 0 Å². The normalized spacial score (nSPS) is 17.0. The highest BCUT2D eigenvalue weighted by molar-refractivity contribution is 5.54. The third-order valence-electron chi connectivity index (χ3n) is 4.80. The van der Waals surface area contributed by atoms with Gasteiger partial charge in [-0.3, -0.25) is 4.98 Å². The lowest BCUT2D eigenvalue weighted by Gasteiger charge is -2.33. The average Bonchev–Trinajstić information content (AvgIpc) is 3.17. The van der Waals surface area contributed by atoms with Gasteiger partial charge < -0.3 is 9.47 Å². The molecule has 26 heavy (non-hydrogen) atoms. The topological polar surface area (TPSA) is 70.6 Å². The minimum absolute atomic E-state index is 0.316. The molecule has 1 aliphatic heterocycles. The summed E-state index contributed by atoms with van der Waals surface area (Å²) >= 11 is 0. The van der Waals surface area contributed by atoms with Crippen LogP contribution >= 0.6 is 0 Å². The van der Waals surface area contributed by atoms with E-state index >= 15 is 0 Å². The monoisotopic (exact) mass is 344 g/mol. The van der Waals surface area contributed by atoms with E-state index in [1.807, 2.05) is 48.9 Å². The zero-order valence-electron chi connectivity index (χ0n) is 14.5. The molecule has 0 radical (unpaired) electrons. The summed E-state index contributed by atoms with van der Waals surface area (Å²) in [7, 11) is 0. The van der Waals surface area contributed by atoms with Crippen LogP contribution in [0.15, 0.2) is 55.1 Å². The number of pyridine rings is 2. The van der Waals surface area contributed by atoms with E-state index in [-0.39, 0.29) is 0 Å². The van der Waals surface area contributed by atoms with Crippen molar-refractivity contribution in [3.8, 4) is 6.07 Å². The molecule has 4 heterocycles. The molecule has 0 aromatic carbocycles. The Morgan fingerprint density at radius 3 is 2.85 bits per heavy atom. The van der Waals surface area contributed by atoms with Crippen molar-refractivity contribution in [3.05, 3.63) is 72.2 Å². The minimum Gasteiger partial charge on any atom is -0.355 e. The zero-order chi connectivity index (χ0) is 17.8. The van der Waals surface area contributed by atoms with Crippen molar-refractivity contribution in [1.29, 1.82) is 5.26 Å². The van der Waals surface area contributed by atoms with Crippen molar-refractivity contribution in [2.45, 2.75) is 25.3 Å². The zero-order valence-corrected chi connectivity index (χ0v) is 14.5. The highest BCUT2D eigenvalue weighted by Crippen LogP contribution is 2.29. The predicted molar refractivity (Wildman–Crippen MR) is 98.7 cm³/mol. The molecule has 1 fully saturated rings. The Hall–Kier alpha value is -3.20. The Morgan fingerprint density at radius 2 is 2.00 bits per heavy atom. The SMILES string of the molecule is N#Cc1cccnc1N1CCCC(c2nccn2Cc2ccccn2)C1. The summed E-state index contributed by atoms with van der Waals surface area (Å²) in [5, 5.41) is 9.37. The Kier molecular flexibility index (Phi) is 4.61. The number of nitrogens with zero attached hydrogens (tertiary/aromatic N) is 6. The molecule has 0 aliphatic carbocycles. The fourth-order valence-electron chi connectivity index (χ4n) is 3.60. The molecule has 0 bridgehead atoms. The second-order valence-electron chi connectivity index (χ2n) is 6.51. The van der Waals surface area contributed by atoms with Crippen LogP contribution in [0.2, 0.25) is 0 Å². The number of hydrogen-bond donors (Lipinski definition) is 0. The van der Waals surface area contributed by atoms with E-state index in [2.05, 4.69) is 30.5 Å². The predicted octanol–water partition coefficient (Wildman–Crippen LogP) is 2.98. The van der Waals surface area contributed by atoms with Gasteiger partial charge in [0, 0.05) is 43.8 Å². The summed E-state index contributed by atoms with van der Waals surface area (Å²) in [5.74, 6) is 2.17. The highest BCUT2D eigenvalue weighted by atomic mass is 15.2. The van der Waals surface area contributed by atoms with Crippen molar-refractivity contribution in [2.75, 3.05) is 18.0 Å². The maximum Gasteiger partial charge on any atom is 0.146 e. The van der Waals surface area contributed by atoms with Crippen LogP contribution in [-0.2, 0) is 6.54 Å². The van der Waals surface area contributed by atoms with Crippen LogP contribution in [0.1, 0.15) is 35.8 Å². The summed E-state index contributed by atoms with van der Waals surface area (Å²) < 4.78 is 2.18. The van der Waals surface area contributed by atoms with Gasteiger partial charge in [0.15, 0.2) is 0 Å². The summed E-state index contributed by atoms with van der Waals surface area (Å²) in [4.78, 5) is 15.7. The first kappa shape index (κ1) is 16.3. The van der Waals surface area contributed by atoms with Gasteiger partial charge in [-0.05, 0) is 37.1 Å². The number of nitriles is 1. The third kappa shape index (κ3) is 3.29. The fraction of sp³-hybridized carbons (Fsp3) is 0.300. The van der Waals surface area contributed by atoms with Gasteiger partial charge in [-0.15, -0.1) is 0 Å². The maximum atomic E-state index is 9.37. The summed E-state index contributed by atoms with van der Waals surface area (Å²) in [5.41, 5.74) is 1.65. The Bertz CT molecular complexity index is 911.